The minimum absolute atomic E-state index is 0.0713. The maximum absolute atomic E-state index is 13.7. The molecule has 37 heavy (non-hydrogen) atoms. The van der Waals surface area contributed by atoms with E-state index < -0.39 is 0 Å². The molecule has 0 radical (unpaired) electrons. The summed E-state index contributed by atoms with van der Waals surface area (Å²) in [5.41, 5.74) is 6.82. The van der Waals surface area contributed by atoms with E-state index in [9.17, 15) is 4.39 Å². The molecule has 0 bridgehead atoms. The molecule has 0 amide bonds. The third kappa shape index (κ3) is 4.70. The van der Waals surface area contributed by atoms with Gasteiger partial charge in [0.25, 0.3) is 0 Å². The molecule has 2 N–H and O–H groups in total. The summed E-state index contributed by atoms with van der Waals surface area (Å²) < 4.78 is 13.7. The first-order chi connectivity index (χ1) is 17.7. The number of aromatic amines is 1. The number of allylic oxidation sites excluding steroid dienone is 5. The third-order valence-corrected chi connectivity index (χ3v) is 7.22. The number of rotatable bonds is 7. The summed E-state index contributed by atoms with van der Waals surface area (Å²) in [6.45, 7) is 16.5. The van der Waals surface area contributed by atoms with Crippen LogP contribution >= 0.6 is 11.3 Å². The van der Waals surface area contributed by atoms with E-state index in [0.717, 1.165) is 66.1 Å². The summed E-state index contributed by atoms with van der Waals surface area (Å²) in [6, 6.07) is 11.3. The Morgan fingerprint density at radius 1 is 1.16 bits per heavy atom. The molecule has 0 unspecified atom stereocenters. The van der Waals surface area contributed by atoms with Gasteiger partial charge in [-0.05, 0) is 60.5 Å². The summed E-state index contributed by atoms with van der Waals surface area (Å²) in [5.74, 6) is 0.643. The number of pyridine rings is 1. The van der Waals surface area contributed by atoms with Crippen molar-refractivity contribution in [3.05, 3.63) is 112 Å². The van der Waals surface area contributed by atoms with E-state index in [1.165, 1.54) is 6.07 Å². The molecule has 0 fully saturated rings. The van der Waals surface area contributed by atoms with E-state index in [1.807, 2.05) is 19.1 Å². The quantitative estimate of drug-likeness (QED) is 0.290. The van der Waals surface area contributed by atoms with Gasteiger partial charge in [-0.1, -0.05) is 46.1 Å². The fourth-order valence-electron chi connectivity index (χ4n) is 4.01. The molecule has 1 aromatic carbocycles. The van der Waals surface area contributed by atoms with Crippen molar-refractivity contribution < 1.29 is 4.39 Å². The zero-order valence-electron chi connectivity index (χ0n) is 21.3. The number of aromatic nitrogens is 3. The molecule has 4 aromatic rings. The normalized spacial score (nSPS) is 13.7. The van der Waals surface area contributed by atoms with Crippen LogP contribution in [-0.4, -0.2) is 15.0 Å². The number of hydrogen-bond acceptors (Lipinski definition) is 5. The average molecular weight is 510 g/mol. The van der Waals surface area contributed by atoms with Crippen LogP contribution in [0.4, 0.5) is 4.39 Å². The Bertz CT molecular complexity index is 1740. The number of fused-ring (bicyclic) bond motifs is 2. The number of H-pyrrole nitrogens is 1. The summed E-state index contributed by atoms with van der Waals surface area (Å²) in [5, 5.41) is 5.09. The zero-order valence-corrected chi connectivity index (χ0v) is 22.1. The zero-order chi connectivity index (χ0) is 26.3. The van der Waals surface area contributed by atoms with Gasteiger partial charge in [0.1, 0.15) is 5.70 Å². The van der Waals surface area contributed by atoms with E-state index in [2.05, 4.69) is 78.5 Å². The van der Waals surface area contributed by atoms with Crippen LogP contribution in [0.3, 0.4) is 0 Å². The van der Waals surface area contributed by atoms with Gasteiger partial charge >= 0.3 is 0 Å². The molecule has 5 nitrogen and oxygen atoms in total. The van der Waals surface area contributed by atoms with Crippen molar-refractivity contribution in [1.29, 1.82) is 0 Å². The standard InChI is InChI=1S/C30H28FN5S/c1-7-18(15-20(8-2)33-17(3)30(4,5)6)19-9-10-23-22(16-19)27(34-23)29-35-26-21(13-14-32-28(26)36-29)24-11-12-25(31)37-24/h7-16,33H,2-3H2,1,4-6H3,(H,32,35,36)/b18-7+,20-15+. The second kappa shape index (κ2) is 9.41. The second-order valence-corrected chi connectivity index (χ2v) is 10.9. The summed E-state index contributed by atoms with van der Waals surface area (Å²) in [7, 11) is 0. The number of nitrogens with zero attached hydrogens (tertiary/aromatic N) is 3. The highest BCUT2D eigenvalue weighted by Crippen LogP contribution is 2.32. The number of thiophene rings is 1. The summed E-state index contributed by atoms with van der Waals surface area (Å²) >= 11 is 1.10. The van der Waals surface area contributed by atoms with Gasteiger partial charge in [-0.3, -0.25) is 0 Å². The van der Waals surface area contributed by atoms with Crippen LogP contribution in [-0.2, 0) is 0 Å². The molecule has 7 heteroatoms. The number of hydrogen-bond donors (Lipinski definition) is 2. The van der Waals surface area contributed by atoms with Gasteiger partial charge in [0.05, 0.1) is 10.9 Å². The van der Waals surface area contributed by atoms with E-state index in [-0.39, 0.29) is 10.5 Å². The number of imidazole rings is 1. The highest BCUT2D eigenvalue weighted by Gasteiger charge is 2.19. The van der Waals surface area contributed by atoms with Crippen LogP contribution in [0.15, 0.2) is 90.4 Å². The SMILES string of the molecule is C=C/C(=C\C(=C/C)c1ccc2c(c1)=C(c1nc3nccc(-c4ccc(F)s4)c3[nH]1)N=2)NC(=C)C(C)(C)C. The molecule has 0 saturated heterocycles. The summed E-state index contributed by atoms with van der Waals surface area (Å²) in [6.07, 6.45) is 7.63. The molecule has 0 saturated carbocycles. The minimum atomic E-state index is -0.226. The van der Waals surface area contributed by atoms with Gasteiger partial charge in [-0.15, -0.1) is 11.3 Å². The van der Waals surface area contributed by atoms with Crippen molar-refractivity contribution >= 4 is 33.8 Å². The van der Waals surface area contributed by atoms with Crippen LogP contribution in [0.2, 0.25) is 0 Å². The molecular weight excluding hydrogens is 481 g/mol. The molecular formula is C30H28FN5S. The Morgan fingerprint density at radius 3 is 2.65 bits per heavy atom. The smallest absolute Gasteiger partial charge is 0.178 e. The van der Waals surface area contributed by atoms with Crippen LogP contribution in [0.1, 0.15) is 39.1 Å². The van der Waals surface area contributed by atoms with E-state index in [0.29, 0.717) is 11.5 Å². The highest BCUT2D eigenvalue weighted by atomic mass is 32.1. The van der Waals surface area contributed by atoms with E-state index in [1.54, 1.807) is 18.3 Å². The van der Waals surface area contributed by atoms with Crippen LogP contribution < -0.4 is 15.9 Å². The lowest BCUT2D eigenvalue weighted by atomic mass is 9.92. The molecule has 4 heterocycles. The number of benzene rings is 1. The maximum Gasteiger partial charge on any atom is 0.178 e. The Hall–Kier alpha value is -4.10. The van der Waals surface area contributed by atoms with Crippen molar-refractivity contribution in [3.8, 4) is 10.4 Å². The average Bonchev–Trinajstić information content (AvgIpc) is 3.47. The van der Waals surface area contributed by atoms with Gasteiger partial charge in [-0.2, -0.15) is 4.39 Å². The first-order valence-corrected chi connectivity index (χ1v) is 12.8. The second-order valence-electron chi connectivity index (χ2n) is 9.84. The van der Waals surface area contributed by atoms with Gasteiger partial charge in [0, 0.05) is 38.7 Å². The Kier molecular flexibility index (Phi) is 6.25. The topological polar surface area (TPSA) is 66.0 Å². The third-order valence-electron chi connectivity index (χ3n) is 6.31. The fourth-order valence-corrected chi connectivity index (χ4v) is 4.77. The van der Waals surface area contributed by atoms with E-state index >= 15 is 0 Å². The highest BCUT2D eigenvalue weighted by molar-refractivity contribution is 7.14. The van der Waals surface area contributed by atoms with Crippen molar-refractivity contribution in [2.75, 3.05) is 0 Å². The molecule has 3 aromatic heterocycles. The van der Waals surface area contributed by atoms with Crippen molar-refractivity contribution in [2.24, 2.45) is 10.4 Å². The Balaban J connectivity index is 1.52. The van der Waals surface area contributed by atoms with E-state index in [4.69, 9.17) is 4.98 Å². The number of nitrogens with one attached hydrogen (secondary N) is 2. The maximum atomic E-state index is 13.7. The fraction of sp³-hybridized carbons (Fsp3) is 0.167. The van der Waals surface area contributed by atoms with Crippen LogP contribution in [0, 0.1) is 10.5 Å². The molecule has 0 aliphatic carbocycles. The Labute approximate surface area is 219 Å². The van der Waals surface area contributed by atoms with Crippen LogP contribution in [0.5, 0.6) is 0 Å². The number of halogens is 1. The largest absolute Gasteiger partial charge is 0.359 e. The van der Waals surface area contributed by atoms with Gasteiger partial charge < -0.3 is 10.3 Å². The van der Waals surface area contributed by atoms with Crippen molar-refractivity contribution in [3.63, 3.8) is 0 Å². The minimum Gasteiger partial charge on any atom is -0.359 e. The molecule has 186 valence electrons. The molecule has 5 rings (SSSR count). The van der Waals surface area contributed by atoms with Gasteiger partial charge in [0.15, 0.2) is 16.6 Å². The molecule has 1 aliphatic heterocycles. The monoisotopic (exact) mass is 509 g/mol. The molecule has 0 atom stereocenters. The summed E-state index contributed by atoms with van der Waals surface area (Å²) in [4.78, 5) is 18.0. The van der Waals surface area contributed by atoms with Crippen LogP contribution in [0.25, 0.3) is 32.9 Å². The molecule has 0 spiro atoms. The van der Waals surface area contributed by atoms with Gasteiger partial charge in [-0.25, -0.2) is 15.0 Å². The lowest BCUT2D eigenvalue weighted by Crippen LogP contribution is -2.35. The first-order valence-electron chi connectivity index (χ1n) is 12.0. The lowest BCUT2D eigenvalue weighted by Gasteiger charge is -2.24. The van der Waals surface area contributed by atoms with Crippen molar-refractivity contribution in [1.82, 2.24) is 20.3 Å². The predicted molar refractivity (Wildman–Crippen MR) is 151 cm³/mol. The lowest BCUT2D eigenvalue weighted by molar-refractivity contribution is 0.478. The predicted octanol–water partition coefficient (Wildman–Crippen LogP) is 6.24. The first kappa shape index (κ1) is 24.6. The van der Waals surface area contributed by atoms with Crippen molar-refractivity contribution in [2.45, 2.75) is 27.7 Å². The van der Waals surface area contributed by atoms with Gasteiger partial charge in [0.2, 0.25) is 0 Å². The molecule has 1 aliphatic rings. The Morgan fingerprint density at radius 2 is 1.97 bits per heavy atom.